The van der Waals surface area contributed by atoms with Gasteiger partial charge in [0.05, 0.1) is 24.5 Å². The molecule has 2 amide bonds. The Morgan fingerprint density at radius 2 is 1.66 bits per heavy atom. The van der Waals surface area contributed by atoms with E-state index >= 15 is 0 Å². The van der Waals surface area contributed by atoms with Gasteiger partial charge in [0.2, 0.25) is 5.91 Å². The Morgan fingerprint density at radius 3 is 2.31 bits per heavy atom. The number of nitrogens with zero attached hydrogens (tertiary/aromatic N) is 1. The molecule has 152 valence electrons. The summed E-state index contributed by atoms with van der Waals surface area (Å²) < 4.78 is 5.31. The molecule has 0 bridgehead atoms. The molecule has 0 spiro atoms. The van der Waals surface area contributed by atoms with Crippen molar-refractivity contribution in [2.75, 3.05) is 31.6 Å². The lowest BCUT2D eigenvalue weighted by atomic mass is 9.87. The number of hydrogen-bond donors (Lipinski definition) is 1. The van der Waals surface area contributed by atoms with E-state index in [0.29, 0.717) is 37.6 Å². The third kappa shape index (κ3) is 5.55. The van der Waals surface area contributed by atoms with Crippen LogP contribution >= 0.6 is 0 Å². The van der Waals surface area contributed by atoms with Crippen molar-refractivity contribution in [3.05, 3.63) is 71.3 Å². The highest BCUT2D eigenvalue weighted by Crippen LogP contribution is 2.22. The number of nitrogens with one attached hydrogen (secondary N) is 1. The van der Waals surface area contributed by atoms with Gasteiger partial charge in [0.15, 0.2) is 0 Å². The van der Waals surface area contributed by atoms with Gasteiger partial charge in [-0.25, -0.2) is 0 Å². The van der Waals surface area contributed by atoms with Gasteiger partial charge in [-0.05, 0) is 34.8 Å². The van der Waals surface area contributed by atoms with Crippen LogP contribution < -0.4 is 5.32 Å². The summed E-state index contributed by atoms with van der Waals surface area (Å²) in [5, 5.41) is 2.83. The minimum atomic E-state index is -0.271. The van der Waals surface area contributed by atoms with Gasteiger partial charge in [0, 0.05) is 19.2 Å². The van der Waals surface area contributed by atoms with Crippen molar-refractivity contribution in [3.63, 3.8) is 0 Å². The number of carbonyl (C=O) groups excluding carboxylic acids is 2. The second kappa shape index (κ2) is 9.05. The van der Waals surface area contributed by atoms with Gasteiger partial charge in [-0.2, -0.15) is 0 Å². The molecule has 1 saturated heterocycles. The molecule has 1 fully saturated rings. The monoisotopic (exact) mass is 392 g/mol. The molecule has 2 aromatic carbocycles. The van der Waals surface area contributed by atoms with E-state index in [1.807, 2.05) is 12.1 Å². The standard InChI is InChI=1S/C24H28N2O3/c1-24(2,3)19-11-8-18(9-12-19)10-13-22(27)25-21-7-5-4-6-20(21)23(28)26-14-16-29-17-15-26/h4-13H,14-17H2,1-3H3,(H,25,27)/b13-10+. The van der Waals surface area contributed by atoms with E-state index in [2.05, 4.69) is 38.2 Å². The maximum atomic E-state index is 12.8. The van der Waals surface area contributed by atoms with E-state index in [1.54, 1.807) is 35.2 Å². The summed E-state index contributed by atoms with van der Waals surface area (Å²) in [6, 6.07) is 15.2. The summed E-state index contributed by atoms with van der Waals surface area (Å²) in [7, 11) is 0. The van der Waals surface area contributed by atoms with Crippen molar-refractivity contribution in [3.8, 4) is 0 Å². The number of benzene rings is 2. The smallest absolute Gasteiger partial charge is 0.256 e. The fourth-order valence-electron chi connectivity index (χ4n) is 3.16. The van der Waals surface area contributed by atoms with Crippen LogP contribution in [-0.2, 0) is 14.9 Å². The van der Waals surface area contributed by atoms with Crippen molar-refractivity contribution in [1.29, 1.82) is 0 Å². The van der Waals surface area contributed by atoms with Crippen molar-refractivity contribution in [2.24, 2.45) is 0 Å². The number of morpholine rings is 1. The molecule has 1 aliphatic rings. The third-order valence-electron chi connectivity index (χ3n) is 4.92. The van der Waals surface area contributed by atoms with Gasteiger partial charge in [0.1, 0.15) is 0 Å². The molecule has 5 heteroatoms. The Kier molecular flexibility index (Phi) is 6.49. The molecule has 5 nitrogen and oxygen atoms in total. The summed E-state index contributed by atoms with van der Waals surface area (Å²) in [6.07, 6.45) is 3.26. The minimum Gasteiger partial charge on any atom is -0.378 e. The van der Waals surface area contributed by atoms with Gasteiger partial charge in [-0.3, -0.25) is 9.59 Å². The van der Waals surface area contributed by atoms with Gasteiger partial charge in [0.25, 0.3) is 5.91 Å². The molecule has 0 aromatic heterocycles. The van der Waals surface area contributed by atoms with Crippen LogP contribution in [0.2, 0.25) is 0 Å². The summed E-state index contributed by atoms with van der Waals surface area (Å²) >= 11 is 0. The molecule has 1 heterocycles. The number of carbonyl (C=O) groups is 2. The van der Waals surface area contributed by atoms with Crippen LogP contribution in [0.4, 0.5) is 5.69 Å². The lowest BCUT2D eigenvalue weighted by Crippen LogP contribution is -2.41. The highest BCUT2D eigenvalue weighted by Gasteiger charge is 2.21. The molecule has 0 saturated carbocycles. The van der Waals surface area contributed by atoms with Crippen LogP contribution in [0, 0.1) is 0 Å². The van der Waals surface area contributed by atoms with E-state index < -0.39 is 0 Å². The van der Waals surface area contributed by atoms with E-state index in [-0.39, 0.29) is 17.2 Å². The van der Waals surface area contributed by atoms with Gasteiger partial charge < -0.3 is 15.0 Å². The van der Waals surface area contributed by atoms with Crippen molar-refractivity contribution in [2.45, 2.75) is 26.2 Å². The Labute approximate surface area is 172 Å². The van der Waals surface area contributed by atoms with Crippen molar-refractivity contribution in [1.82, 2.24) is 4.90 Å². The second-order valence-corrected chi connectivity index (χ2v) is 8.14. The Morgan fingerprint density at radius 1 is 1.00 bits per heavy atom. The Balaban J connectivity index is 1.68. The second-order valence-electron chi connectivity index (χ2n) is 8.14. The average molecular weight is 392 g/mol. The van der Waals surface area contributed by atoms with Crippen LogP contribution in [0.3, 0.4) is 0 Å². The van der Waals surface area contributed by atoms with Crippen LogP contribution in [0.1, 0.15) is 42.3 Å². The molecule has 29 heavy (non-hydrogen) atoms. The van der Waals surface area contributed by atoms with Crippen LogP contribution in [0.25, 0.3) is 6.08 Å². The number of ether oxygens (including phenoxy) is 1. The fourth-order valence-corrected chi connectivity index (χ4v) is 3.16. The Hall–Kier alpha value is -2.92. The van der Waals surface area contributed by atoms with E-state index in [9.17, 15) is 9.59 Å². The molecule has 0 aliphatic carbocycles. The molecule has 0 atom stereocenters. The SMILES string of the molecule is CC(C)(C)c1ccc(/C=C/C(=O)Nc2ccccc2C(=O)N2CCOCC2)cc1. The van der Waals surface area contributed by atoms with Crippen LogP contribution in [-0.4, -0.2) is 43.0 Å². The predicted octanol–water partition coefficient (Wildman–Crippen LogP) is 4.11. The number of para-hydroxylation sites is 1. The normalized spacial score (nSPS) is 14.8. The minimum absolute atomic E-state index is 0.0917. The molecule has 1 aliphatic heterocycles. The van der Waals surface area contributed by atoms with E-state index in [1.165, 1.54) is 11.6 Å². The van der Waals surface area contributed by atoms with E-state index in [4.69, 9.17) is 4.74 Å². The first-order valence-corrected chi connectivity index (χ1v) is 9.90. The lowest BCUT2D eigenvalue weighted by Gasteiger charge is -2.27. The summed E-state index contributed by atoms with van der Waals surface area (Å²) in [6.45, 7) is 8.70. The zero-order valence-electron chi connectivity index (χ0n) is 17.3. The summed E-state index contributed by atoms with van der Waals surface area (Å²) in [5.41, 5.74) is 3.30. The first-order valence-electron chi connectivity index (χ1n) is 9.90. The average Bonchev–Trinajstić information content (AvgIpc) is 2.72. The highest BCUT2D eigenvalue weighted by molar-refractivity contribution is 6.07. The van der Waals surface area contributed by atoms with Gasteiger partial charge in [-0.15, -0.1) is 0 Å². The highest BCUT2D eigenvalue weighted by atomic mass is 16.5. The molecular formula is C24H28N2O3. The van der Waals surface area contributed by atoms with Crippen LogP contribution in [0.15, 0.2) is 54.6 Å². The summed E-state index contributed by atoms with van der Waals surface area (Å²) in [4.78, 5) is 27.0. The molecule has 2 aromatic rings. The molecular weight excluding hydrogens is 364 g/mol. The topological polar surface area (TPSA) is 58.6 Å². The first-order chi connectivity index (χ1) is 13.8. The number of anilines is 1. The quantitative estimate of drug-likeness (QED) is 0.797. The molecule has 1 N–H and O–H groups in total. The number of rotatable bonds is 4. The third-order valence-corrected chi connectivity index (χ3v) is 4.92. The summed E-state index contributed by atoms with van der Waals surface area (Å²) in [5.74, 6) is -0.363. The van der Waals surface area contributed by atoms with Crippen LogP contribution in [0.5, 0.6) is 0 Å². The maximum Gasteiger partial charge on any atom is 0.256 e. The van der Waals surface area contributed by atoms with E-state index in [0.717, 1.165) is 5.56 Å². The van der Waals surface area contributed by atoms with Gasteiger partial charge in [-0.1, -0.05) is 57.2 Å². The molecule has 0 radical (unpaired) electrons. The number of amides is 2. The first kappa shape index (κ1) is 20.8. The molecule has 0 unspecified atom stereocenters. The van der Waals surface area contributed by atoms with Crippen molar-refractivity contribution < 1.29 is 14.3 Å². The number of hydrogen-bond acceptors (Lipinski definition) is 3. The largest absolute Gasteiger partial charge is 0.378 e. The maximum absolute atomic E-state index is 12.8. The fraction of sp³-hybridized carbons (Fsp3) is 0.333. The van der Waals surface area contributed by atoms with Crippen molar-refractivity contribution >= 4 is 23.6 Å². The zero-order chi connectivity index (χ0) is 20.9. The van der Waals surface area contributed by atoms with Gasteiger partial charge >= 0.3 is 0 Å². The predicted molar refractivity (Wildman–Crippen MR) is 116 cm³/mol. The lowest BCUT2D eigenvalue weighted by molar-refractivity contribution is -0.111. The molecule has 3 rings (SSSR count). The Bertz CT molecular complexity index is 889. The zero-order valence-corrected chi connectivity index (χ0v) is 17.3.